The summed E-state index contributed by atoms with van der Waals surface area (Å²) in [5, 5.41) is 0. The fourth-order valence-corrected chi connectivity index (χ4v) is 1.97. The standard InChI is InChI=1S/C13H19FN2O/c1-13(2,15)10-3-4-12(11(14)9-10)16-5-7-17-8-6-16/h3-4,9H,5-8,15H2,1-2H3. The van der Waals surface area contributed by atoms with Gasteiger partial charge in [-0.2, -0.15) is 0 Å². The van der Waals surface area contributed by atoms with E-state index < -0.39 is 5.54 Å². The third kappa shape index (κ3) is 2.76. The van der Waals surface area contributed by atoms with E-state index >= 15 is 0 Å². The SMILES string of the molecule is CC(C)(N)c1ccc(N2CCOCC2)c(F)c1. The Balaban J connectivity index is 2.25. The van der Waals surface area contributed by atoms with Crippen LogP contribution in [0.25, 0.3) is 0 Å². The maximum absolute atomic E-state index is 14.0. The summed E-state index contributed by atoms with van der Waals surface area (Å²) in [5.74, 6) is -0.206. The number of nitrogens with two attached hydrogens (primary N) is 1. The van der Waals surface area contributed by atoms with Gasteiger partial charge in [-0.05, 0) is 31.5 Å². The average Bonchev–Trinajstić information content (AvgIpc) is 2.29. The van der Waals surface area contributed by atoms with Gasteiger partial charge in [0.05, 0.1) is 18.9 Å². The quantitative estimate of drug-likeness (QED) is 0.854. The van der Waals surface area contributed by atoms with Gasteiger partial charge in [-0.25, -0.2) is 4.39 Å². The Labute approximate surface area is 101 Å². The van der Waals surface area contributed by atoms with Crippen LogP contribution in [0.5, 0.6) is 0 Å². The van der Waals surface area contributed by atoms with Gasteiger partial charge in [-0.15, -0.1) is 0 Å². The predicted molar refractivity (Wildman–Crippen MR) is 66.6 cm³/mol. The molecule has 1 heterocycles. The number of benzene rings is 1. The molecule has 0 bridgehead atoms. The van der Waals surface area contributed by atoms with Crippen molar-refractivity contribution < 1.29 is 9.13 Å². The van der Waals surface area contributed by atoms with Gasteiger partial charge in [0.1, 0.15) is 5.82 Å². The Morgan fingerprint density at radius 3 is 2.47 bits per heavy atom. The van der Waals surface area contributed by atoms with E-state index in [1.807, 2.05) is 30.9 Å². The molecule has 1 aromatic rings. The minimum atomic E-state index is -0.510. The van der Waals surface area contributed by atoms with Gasteiger partial charge < -0.3 is 15.4 Å². The van der Waals surface area contributed by atoms with Crippen molar-refractivity contribution in [2.75, 3.05) is 31.2 Å². The van der Waals surface area contributed by atoms with Crippen LogP contribution in [0.15, 0.2) is 18.2 Å². The van der Waals surface area contributed by atoms with Crippen molar-refractivity contribution in [3.8, 4) is 0 Å². The molecule has 1 fully saturated rings. The normalized spacial score (nSPS) is 17.3. The van der Waals surface area contributed by atoms with Crippen molar-refractivity contribution in [3.05, 3.63) is 29.6 Å². The first-order chi connectivity index (χ1) is 7.98. The largest absolute Gasteiger partial charge is 0.378 e. The molecule has 17 heavy (non-hydrogen) atoms. The monoisotopic (exact) mass is 238 g/mol. The molecule has 1 aliphatic rings. The number of hydrogen-bond acceptors (Lipinski definition) is 3. The fourth-order valence-electron chi connectivity index (χ4n) is 1.97. The smallest absolute Gasteiger partial charge is 0.146 e. The number of anilines is 1. The molecule has 0 radical (unpaired) electrons. The third-order valence-electron chi connectivity index (χ3n) is 3.04. The number of halogens is 1. The fraction of sp³-hybridized carbons (Fsp3) is 0.538. The first-order valence-electron chi connectivity index (χ1n) is 5.90. The number of hydrogen-bond donors (Lipinski definition) is 1. The van der Waals surface area contributed by atoms with Gasteiger partial charge in [-0.1, -0.05) is 6.07 Å². The maximum Gasteiger partial charge on any atom is 0.146 e. The van der Waals surface area contributed by atoms with Crippen molar-refractivity contribution in [3.63, 3.8) is 0 Å². The number of rotatable bonds is 2. The number of ether oxygens (including phenoxy) is 1. The van der Waals surface area contributed by atoms with Gasteiger partial charge in [0.2, 0.25) is 0 Å². The van der Waals surface area contributed by atoms with Crippen LogP contribution in [-0.2, 0) is 10.3 Å². The molecule has 3 nitrogen and oxygen atoms in total. The summed E-state index contributed by atoms with van der Waals surface area (Å²) in [4.78, 5) is 2.01. The van der Waals surface area contributed by atoms with Crippen LogP contribution < -0.4 is 10.6 Å². The second-order valence-corrected chi connectivity index (χ2v) is 4.99. The molecule has 2 rings (SSSR count). The minimum absolute atomic E-state index is 0.206. The van der Waals surface area contributed by atoms with Crippen LogP contribution in [0.3, 0.4) is 0 Å². The van der Waals surface area contributed by atoms with E-state index in [0.717, 1.165) is 18.7 Å². The molecular weight excluding hydrogens is 219 g/mol. The zero-order valence-electron chi connectivity index (χ0n) is 10.4. The summed E-state index contributed by atoms with van der Waals surface area (Å²) in [6, 6.07) is 5.24. The van der Waals surface area contributed by atoms with Gasteiger partial charge in [0.25, 0.3) is 0 Å². The molecule has 94 valence electrons. The highest BCUT2D eigenvalue weighted by Crippen LogP contribution is 2.25. The van der Waals surface area contributed by atoms with Crippen molar-refractivity contribution in [1.82, 2.24) is 0 Å². The van der Waals surface area contributed by atoms with Crippen LogP contribution in [0.4, 0.5) is 10.1 Å². The van der Waals surface area contributed by atoms with Crippen molar-refractivity contribution in [1.29, 1.82) is 0 Å². The predicted octanol–water partition coefficient (Wildman–Crippen LogP) is 1.86. The van der Waals surface area contributed by atoms with Gasteiger partial charge >= 0.3 is 0 Å². The minimum Gasteiger partial charge on any atom is -0.378 e. The molecule has 1 saturated heterocycles. The zero-order valence-corrected chi connectivity index (χ0v) is 10.4. The van der Waals surface area contributed by atoms with Gasteiger partial charge in [0, 0.05) is 18.6 Å². The molecule has 0 spiro atoms. The summed E-state index contributed by atoms with van der Waals surface area (Å²) in [6.45, 7) is 6.53. The van der Waals surface area contributed by atoms with Crippen LogP contribution in [-0.4, -0.2) is 26.3 Å². The van der Waals surface area contributed by atoms with E-state index in [9.17, 15) is 4.39 Å². The van der Waals surface area contributed by atoms with E-state index in [1.165, 1.54) is 6.07 Å². The Hall–Kier alpha value is -1.13. The van der Waals surface area contributed by atoms with Gasteiger partial charge in [0.15, 0.2) is 0 Å². The molecule has 0 amide bonds. The lowest BCUT2D eigenvalue weighted by molar-refractivity contribution is 0.122. The van der Waals surface area contributed by atoms with E-state index in [2.05, 4.69) is 0 Å². The highest BCUT2D eigenvalue weighted by molar-refractivity contribution is 5.50. The van der Waals surface area contributed by atoms with Crippen molar-refractivity contribution in [2.24, 2.45) is 5.73 Å². The van der Waals surface area contributed by atoms with Crippen molar-refractivity contribution in [2.45, 2.75) is 19.4 Å². The van der Waals surface area contributed by atoms with E-state index in [0.29, 0.717) is 18.9 Å². The molecule has 0 saturated carbocycles. The Bertz CT molecular complexity index is 395. The van der Waals surface area contributed by atoms with E-state index in [1.54, 1.807) is 0 Å². The lowest BCUT2D eigenvalue weighted by Crippen LogP contribution is -2.37. The summed E-state index contributed by atoms with van der Waals surface area (Å²) in [7, 11) is 0. The van der Waals surface area contributed by atoms with Crippen molar-refractivity contribution >= 4 is 5.69 Å². The summed E-state index contributed by atoms with van der Waals surface area (Å²) in [5.41, 5.74) is 6.90. The van der Waals surface area contributed by atoms with E-state index in [-0.39, 0.29) is 5.82 Å². The molecule has 2 N–H and O–H groups in total. The molecular formula is C13H19FN2O. The molecule has 1 aliphatic heterocycles. The molecule has 1 aromatic carbocycles. The first-order valence-corrected chi connectivity index (χ1v) is 5.90. The maximum atomic E-state index is 14.0. The number of morpholine rings is 1. The summed E-state index contributed by atoms with van der Waals surface area (Å²) < 4.78 is 19.3. The highest BCUT2D eigenvalue weighted by atomic mass is 19.1. The van der Waals surface area contributed by atoms with Crippen LogP contribution in [0.1, 0.15) is 19.4 Å². The second-order valence-electron chi connectivity index (χ2n) is 4.99. The molecule has 0 atom stereocenters. The van der Waals surface area contributed by atoms with Crippen LogP contribution in [0, 0.1) is 5.82 Å². The lowest BCUT2D eigenvalue weighted by atomic mass is 9.95. The second kappa shape index (κ2) is 4.63. The third-order valence-corrected chi connectivity index (χ3v) is 3.04. The molecule has 0 unspecified atom stereocenters. The molecule has 0 aromatic heterocycles. The first kappa shape index (κ1) is 12.3. The Morgan fingerprint density at radius 2 is 1.94 bits per heavy atom. The Kier molecular flexibility index (Phi) is 3.35. The molecule has 4 heteroatoms. The Morgan fingerprint density at radius 1 is 1.29 bits per heavy atom. The molecule has 0 aliphatic carbocycles. The zero-order chi connectivity index (χ0) is 12.5. The topological polar surface area (TPSA) is 38.5 Å². The highest BCUT2D eigenvalue weighted by Gasteiger charge is 2.19. The van der Waals surface area contributed by atoms with Crippen LogP contribution >= 0.6 is 0 Å². The summed E-state index contributed by atoms with van der Waals surface area (Å²) in [6.07, 6.45) is 0. The lowest BCUT2D eigenvalue weighted by Gasteiger charge is -2.30. The van der Waals surface area contributed by atoms with Gasteiger partial charge in [-0.3, -0.25) is 0 Å². The average molecular weight is 238 g/mol. The van der Waals surface area contributed by atoms with E-state index in [4.69, 9.17) is 10.5 Å². The summed E-state index contributed by atoms with van der Waals surface area (Å²) >= 11 is 0. The number of nitrogens with zero attached hydrogens (tertiary/aromatic N) is 1. The van der Waals surface area contributed by atoms with Crippen LogP contribution in [0.2, 0.25) is 0 Å².